The van der Waals surface area contributed by atoms with Gasteiger partial charge in [-0.25, -0.2) is 13.1 Å². The SMILES string of the molecule is C[C@@H]1Oc2ccc(NC(=O)c3cccc(S(=O)(=O)NCc4ccco4)c3)cc2NC1=O. The Kier molecular flexibility index (Phi) is 5.49. The quantitative estimate of drug-likeness (QED) is 0.540. The Morgan fingerprint density at radius 1 is 1.13 bits per heavy atom. The van der Waals surface area contributed by atoms with E-state index < -0.39 is 22.0 Å². The first kappa shape index (κ1) is 20.6. The van der Waals surface area contributed by atoms with Gasteiger partial charge in [0.15, 0.2) is 6.10 Å². The van der Waals surface area contributed by atoms with E-state index in [1.807, 2.05) is 0 Å². The first-order valence-electron chi connectivity index (χ1n) is 9.37. The molecule has 0 bridgehead atoms. The highest BCUT2D eigenvalue weighted by Crippen LogP contribution is 2.32. The van der Waals surface area contributed by atoms with Crippen molar-refractivity contribution in [2.24, 2.45) is 0 Å². The van der Waals surface area contributed by atoms with Gasteiger partial charge in [0.1, 0.15) is 11.5 Å². The van der Waals surface area contributed by atoms with Crippen LogP contribution < -0.4 is 20.1 Å². The Hall–Kier alpha value is -3.63. The van der Waals surface area contributed by atoms with Crippen LogP contribution in [-0.4, -0.2) is 26.3 Å². The summed E-state index contributed by atoms with van der Waals surface area (Å²) in [5.74, 6) is 0.187. The smallest absolute Gasteiger partial charge is 0.265 e. The molecule has 1 aromatic heterocycles. The summed E-state index contributed by atoms with van der Waals surface area (Å²) in [5.41, 5.74) is 1.03. The molecule has 0 fully saturated rings. The number of fused-ring (bicyclic) bond motifs is 1. The second-order valence-corrected chi connectivity index (χ2v) is 8.61. The lowest BCUT2D eigenvalue weighted by Crippen LogP contribution is -2.34. The summed E-state index contributed by atoms with van der Waals surface area (Å²) in [6, 6.07) is 13.8. The number of benzene rings is 2. The van der Waals surface area contributed by atoms with Crippen LogP contribution in [0.4, 0.5) is 11.4 Å². The molecular formula is C21H19N3O6S. The molecule has 31 heavy (non-hydrogen) atoms. The summed E-state index contributed by atoms with van der Waals surface area (Å²) >= 11 is 0. The lowest BCUT2D eigenvalue weighted by atomic mass is 10.2. The van der Waals surface area contributed by atoms with Crippen molar-refractivity contribution in [3.63, 3.8) is 0 Å². The second kappa shape index (κ2) is 8.25. The molecule has 4 rings (SSSR count). The Balaban J connectivity index is 1.48. The third-order valence-electron chi connectivity index (χ3n) is 4.59. The molecule has 160 valence electrons. The highest BCUT2D eigenvalue weighted by atomic mass is 32.2. The molecule has 0 aliphatic carbocycles. The number of ether oxygens (including phenoxy) is 1. The van der Waals surface area contributed by atoms with Crippen LogP contribution in [0.3, 0.4) is 0 Å². The van der Waals surface area contributed by atoms with Gasteiger partial charge in [-0.1, -0.05) is 6.07 Å². The zero-order chi connectivity index (χ0) is 22.0. The van der Waals surface area contributed by atoms with Crippen LogP contribution in [0.2, 0.25) is 0 Å². The molecule has 0 spiro atoms. The van der Waals surface area contributed by atoms with E-state index in [0.29, 0.717) is 22.9 Å². The molecule has 10 heteroatoms. The maximum atomic E-state index is 12.7. The average Bonchev–Trinajstić information content (AvgIpc) is 3.27. The molecule has 2 heterocycles. The maximum Gasteiger partial charge on any atom is 0.265 e. The van der Waals surface area contributed by atoms with Crippen molar-refractivity contribution < 1.29 is 27.2 Å². The number of rotatable bonds is 6. The minimum Gasteiger partial charge on any atom is -0.479 e. The van der Waals surface area contributed by atoms with E-state index in [1.54, 1.807) is 37.3 Å². The van der Waals surface area contributed by atoms with Crippen LogP contribution in [0.25, 0.3) is 0 Å². The third-order valence-corrected chi connectivity index (χ3v) is 5.99. The summed E-state index contributed by atoms with van der Waals surface area (Å²) in [6.45, 7) is 1.63. The molecule has 0 unspecified atom stereocenters. The van der Waals surface area contributed by atoms with E-state index in [4.69, 9.17) is 9.15 Å². The number of hydrogen-bond donors (Lipinski definition) is 3. The van der Waals surface area contributed by atoms with E-state index >= 15 is 0 Å². The van der Waals surface area contributed by atoms with Gasteiger partial charge in [-0.3, -0.25) is 9.59 Å². The van der Waals surface area contributed by atoms with E-state index in [9.17, 15) is 18.0 Å². The van der Waals surface area contributed by atoms with Crippen LogP contribution in [0.15, 0.2) is 70.2 Å². The normalized spacial score (nSPS) is 15.5. The van der Waals surface area contributed by atoms with Crippen molar-refractivity contribution in [3.05, 3.63) is 72.2 Å². The van der Waals surface area contributed by atoms with Gasteiger partial charge in [0.05, 0.1) is 23.4 Å². The number of amides is 2. The largest absolute Gasteiger partial charge is 0.479 e. The average molecular weight is 441 g/mol. The first-order valence-corrected chi connectivity index (χ1v) is 10.9. The van der Waals surface area contributed by atoms with Crippen molar-refractivity contribution in [2.45, 2.75) is 24.5 Å². The Morgan fingerprint density at radius 3 is 2.74 bits per heavy atom. The van der Waals surface area contributed by atoms with Crippen LogP contribution in [0, 0.1) is 0 Å². The molecule has 9 nitrogen and oxygen atoms in total. The zero-order valence-corrected chi connectivity index (χ0v) is 17.2. The van der Waals surface area contributed by atoms with Gasteiger partial charge in [0.2, 0.25) is 10.0 Å². The van der Waals surface area contributed by atoms with Crippen molar-refractivity contribution in [1.29, 1.82) is 0 Å². The van der Waals surface area contributed by atoms with Gasteiger partial charge < -0.3 is 19.8 Å². The van der Waals surface area contributed by atoms with E-state index in [1.165, 1.54) is 30.5 Å². The minimum absolute atomic E-state index is 0.00666. The molecule has 0 saturated heterocycles. The minimum atomic E-state index is -3.84. The van der Waals surface area contributed by atoms with E-state index in [-0.39, 0.29) is 22.9 Å². The number of carbonyl (C=O) groups excluding carboxylic acids is 2. The predicted molar refractivity (Wildman–Crippen MR) is 112 cm³/mol. The number of hydrogen-bond acceptors (Lipinski definition) is 6. The predicted octanol–water partition coefficient (Wildman–Crippen LogP) is 2.73. The first-order chi connectivity index (χ1) is 14.8. The summed E-state index contributed by atoms with van der Waals surface area (Å²) in [4.78, 5) is 24.4. The number of sulfonamides is 1. The lowest BCUT2D eigenvalue weighted by Gasteiger charge is -2.23. The third kappa shape index (κ3) is 4.60. The van der Waals surface area contributed by atoms with Crippen molar-refractivity contribution in [3.8, 4) is 5.75 Å². The topological polar surface area (TPSA) is 127 Å². The Morgan fingerprint density at radius 2 is 1.97 bits per heavy atom. The fourth-order valence-electron chi connectivity index (χ4n) is 2.96. The van der Waals surface area contributed by atoms with Crippen LogP contribution in [0.5, 0.6) is 5.75 Å². The number of anilines is 2. The second-order valence-electron chi connectivity index (χ2n) is 6.85. The van der Waals surface area contributed by atoms with Gasteiger partial charge in [-0.15, -0.1) is 0 Å². The molecule has 3 aromatic rings. The summed E-state index contributed by atoms with van der Waals surface area (Å²) in [7, 11) is -3.84. The Labute approximate surface area is 178 Å². The summed E-state index contributed by atoms with van der Waals surface area (Å²) < 4.78 is 38.1. The van der Waals surface area contributed by atoms with E-state index in [2.05, 4.69) is 15.4 Å². The fourth-order valence-corrected chi connectivity index (χ4v) is 4.00. The van der Waals surface area contributed by atoms with Crippen LogP contribution in [-0.2, 0) is 21.4 Å². The fraction of sp³-hybridized carbons (Fsp3) is 0.143. The van der Waals surface area contributed by atoms with Gasteiger partial charge >= 0.3 is 0 Å². The van der Waals surface area contributed by atoms with Gasteiger partial charge in [-0.2, -0.15) is 0 Å². The molecule has 1 aliphatic rings. The molecule has 2 amide bonds. The van der Waals surface area contributed by atoms with Crippen molar-refractivity contribution in [1.82, 2.24) is 4.72 Å². The summed E-state index contributed by atoms with van der Waals surface area (Å²) in [6.07, 6.45) is 0.854. The van der Waals surface area contributed by atoms with Gasteiger partial charge in [0, 0.05) is 11.3 Å². The standard InChI is InChI=1S/C21H19N3O6S/c1-13-20(25)24-18-11-15(7-8-19(18)30-13)23-21(26)14-4-2-6-17(10-14)31(27,28)22-12-16-5-3-9-29-16/h2-11,13,22H,12H2,1H3,(H,23,26)(H,24,25)/t13-/m0/s1. The lowest BCUT2D eigenvalue weighted by molar-refractivity contribution is -0.122. The molecule has 0 radical (unpaired) electrons. The molecule has 1 aliphatic heterocycles. The maximum absolute atomic E-state index is 12.7. The highest BCUT2D eigenvalue weighted by Gasteiger charge is 2.24. The van der Waals surface area contributed by atoms with Gasteiger partial charge in [0.25, 0.3) is 11.8 Å². The van der Waals surface area contributed by atoms with Gasteiger partial charge in [-0.05, 0) is 55.5 Å². The molecule has 3 N–H and O–H groups in total. The van der Waals surface area contributed by atoms with E-state index in [0.717, 1.165) is 0 Å². The monoisotopic (exact) mass is 441 g/mol. The highest BCUT2D eigenvalue weighted by molar-refractivity contribution is 7.89. The molecule has 2 aromatic carbocycles. The Bertz CT molecular complexity index is 1240. The number of carbonyl (C=O) groups is 2. The van der Waals surface area contributed by atoms with Crippen molar-refractivity contribution >= 4 is 33.2 Å². The number of furan rings is 1. The van der Waals surface area contributed by atoms with Crippen molar-refractivity contribution in [2.75, 3.05) is 10.6 Å². The van der Waals surface area contributed by atoms with Crippen LogP contribution >= 0.6 is 0 Å². The summed E-state index contributed by atoms with van der Waals surface area (Å²) in [5, 5.41) is 5.40. The zero-order valence-electron chi connectivity index (χ0n) is 16.4. The van der Waals surface area contributed by atoms with Crippen LogP contribution in [0.1, 0.15) is 23.0 Å². The molecule has 0 saturated carbocycles. The molecule has 1 atom stereocenters. The molecular weight excluding hydrogens is 422 g/mol. The number of nitrogens with one attached hydrogen (secondary N) is 3.